The number of hydrogen-bond acceptors (Lipinski definition) is 5. The van der Waals surface area contributed by atoms with Crippen LogP contribution in [-0.2, 0) is 17.9 Å². The molecule has 1 aromatic heterocycles. The highest BCUT2D eigenvalue weighted by Gasteiger charge is 2.18. The number of benzene rings is 2. The van der Waals surface area contributed by atoms with E-state index in [1.165, 1.54) is 23.1 Å². The quantitative estimate of drug-likeness (QED) is 0.467. The van der Waals surface area contributed by atoms with Crippen molar-refractivity contribution in [2.75, 3.05) is 7.05 Å². The number of oxazole rings is 1. The van der Waals surface area contributed by atoms with Crippen LogP contribution < -0.4 is 5.76 Å². The van der Waals surface area contributed by atoms with Crippen molar-refractivity contribution in [3.8, 4) is 0 Å². The van der Waals surface area contributed by atoms with Gasteiger partial charge in [0.15, 0.2) is 5.58 Å². The van der Waals surface area contributed by atoms with Gasteiger partial charge in [-0.1, -0.05) is 34.1 Å². The van der Waals surface area contributed by atoms with E-state index in [0.29, 0.717) is 12.1 Å². The highest BCUT2D eigenvalue weighted by molar-refractivity contribution is 9.10. The normalized spacial score (nSPS) is 10.8. The molecule has 2 aromatic carbocycles. The van der Waals surface area contributed by atoms with E-state index < -0.39 is 10.7 Å². The lowest BCUT2D eigenvalue weighted by Gasteiger charge is -2.18. The second kappa shape index (κ2) is 7.12. The number of carbonyl (C=O) groups is 1. The topological polar surface area (TPSA) is 98.6 Å². The number of rotatable bonds is 5. The predicted octanol–water partition coefficient (Wildman–Crippen LogP) is 2.92. The Morgan fingerprint density at radius 1 is 1.31 bits per heavy atom. The molecule has 0 unspecified atom stereocenters. The van der Waals surface area contributed by atoms with Crippen LogP contribution in [0.15, 0.2) is 56.1 Å². The van der Waals surface area contributed by atoms with Gasteiger partial charge in [0, 0.05) is 24.1 Å². The third-order valence-corrected chi connectivity index (χ3v) is 4.72. The largest absolute Gasteiger partial charge is 0.420 e. The standard InChI is InChI=1S/C17H14BrN3O5/c1-19(9-11-4-2-3-5-13(11)18)16(22)10-20-14-7-6-12(21(24)25)8-15(14)26-17(20)23/h2-8H,9-10H2,1H3. The Morgan fingerprint density at radius 2 is 2.04 bits per heavy atom. The molecule has 134 valence electrons. The van der Waals surface area contributed by atoms with Crippen molar-refractivity contribution in [3.63, 3.8) is 0 Å². The fourth-order valence-electron chi connectivity index (χ4n) is 2.54. The number of nitrogens with zero attached hydrogens (tertiary/aromatic N) is 3. The van der Waals surface area contributed by atoms with Gasteiger partial charge in [0.2, 0.25) is 5.91 Å². The van der Waals surface area contributed by atoms with Gasteiger partial charge in [0.25, 0.3) is 5.69 Å². The number of non-ortho nitro benzene ring substituents is 1. The molecule has 1 amide bonds. The van der Waals surface area contributed by atoms with E-state index in [1.807, 2.05) is 24.3 Å². The van der Waals surface area contributed by atoms with Gasteiger partial charge in [0.1, 0.15) is 6.54 Å². The Hall–Kier alpha value is -2.94. The zero-order chi connectivity index (χ0) is 18.8. The van der Waals surface area contributed by atoms with Gasteiger partial charge in [-0.15, -0.1) is 0 Å². The zero-order valence-corrected chi connectivity index (χ0v) is 15.3. The van der Waals surface area contributed by atoms with Crippen LogP contribution in [0.5, 0.6) is 0 Å². The van der Waals surface area contributed by atoms with E-state index >= 15 is 0 Å². The molecule has 1 heterocycles. The first kappa shape index (κ1) is 17.9. The second-order valence-corrected chi connectivity index (χ2v) is 6.56. The molecular formula is C17H14BrN3O5. The lowest BCUT2D eigenvalue weighted by atomic mass is 10.2. The van der Waals surface area contributed by atoms with Crippen LogP contribution in [0.2, 0.25) is 0 Å². The van der Waals surface area contributed by atoms with Crippen molar-refractivity contribution in [2.45, 2.75) is 13.1 Å². The number of fused-ring (bicyclic) bond motifs is 1. The van der Waals surface area contributed by atoms with Crippen LogP contribution in [0.1, 0.15) is 5.56 Å². The Labute approximate surface area is 155 Å². The Balaban J connectivity index is 1.83. The average molecular weight is 420 g/mol. The van der Waals surface area contributed by atoms with Crippen LogP contribution in [0.4, 0.5) is 5.69 Å². The lowest BCUT2D eigenvalue weighted by molar-refractivity contribution is -0.384. The monoisotopic (exact) mass is 419 g/mol. The number of hydrogen-bond donors (Lipinski definition) is 0. The summed E-state index contributed by atoms with van der Waals surface area (Å²) in [4.78, 5) is 36.3. The number of halogens is 1. The molecule has 8 nitrogen and oxygen atoms in total. The Kier molecular flexibility index (Phi) is 4.90. The molecule has 26 heavy (non-hydrogen) atoms. The smallest absolute Gasteiger partial charge is 0.407 e. The molecule has 0 N–H and O–H groups in total. The summed E-state index contributed by atoms with van der Waals surface area (Å²) < 4.78 is 7.08. The van der Waals surface area contributed by atoms with Gasteiger partial charge >= 0.3 is 5.76 Å². The first-order valence-corrected chi connectivity index (χ1v) is 8.41. The van der Waals surface area contributed by atoms with E-state index in [1.54, 1.807) is 7.05 Å². The summed E-state index contributed by atoms with van der Waals surface area (Å²) in [7, 11) is 1.64. The van der Waals surface area contributed by atoms with Gasteiger partial charge in [-0.25, -0.2) is 4.79 Å². The van der Waals surface area contributed by atoms with Gasteiger partial charge in [-0.05, 0) is 17.7 Å². The first-order valence-electron chi connectivity index (χ1n) is 7.62. The first-order chi connectivity index (χ1) is 12.4. The van der Waals surface area contributed by atoms with Crippen molar-refractivity contribution in [1.29, 1.82) is 0 Å². The third-order valence-electron chi connectivity index (χ3n) is 3.95. The number of aromatic nitrogens is 1. The Morgan fingerprint density at radius 3 is 2.73 bits per heavy atom. The molecule has 0 saturated heterocycles. The van der Waals surface area contributed by atoms with Crippen molar-refractivity contribution in [2.24, 2.45) is 0 Å². The molecule has 9 heteroatoms. The van der Waals surface area contributed by atoms with Gasteiger partial charge in [-0.2, -0.15) is 0 Å². The molecule has 3 rings (SSSR count). The SMILES string of the molecule is CN(Cc1ccccc1Br)C(=O)Cn1c(=O)oc2cc([N+](=O)[O-])ccc21. The molecule has 0 aliphatic carbocycles. The van der Waals surface area contributed by atoms with Crippen LogP contribution in [0, 0.1) is 10.1 Å². The molecule has 0 radical (unpaired) electrons. The third kappa shape index (κ3) is 3.52. The van der Waals surface area contributed by atoms with E-state index in [2.05, 4.69) is 15.9 Å². The van der Waals surface area contributed by atoms with Crippen LogP contribution in [0.3, 0.4) is 0 Å². The predicted molar refractivity (Wildman–Crippen MR) is 97.7 cm³/mol. The van der Waals surface area contributed by atoms with Gasteiger partial charge in [-0.3, -0.25) is 19.5 Å². The van der Waals surface area contributed by atoms with E-state index in [-0.39, 0.29) is 23.7 Å². The van der Waals surface area contributed by atoms with Gasteiger partial charge in [0.05, 0.1) is 16.5 Å². The number of nitro benzene ring substituents is 1. The summed E-state index contributed by atoms with van der Waals surface area (Å²) in [6, 6.07) is 11.4. The fraction of sp³-hybridized carbons (Fsp3) is 0.176. The van der Waals surface area contributed by atoms with Crippen molar-refractivity contribution in [3.05, 3.63) is 73.2 Å². The number of amides is 1. The fourth-order valence-corrected chi connectivity index (χ4v) is 2.95. The minimum Gasteiger partial charge on any atom is -0.407 e. The molecular weight excluding hydrogens is 406 g/mol. The minimum absolute atomic E-state index is 0.0745. The summed E-state index contributed by atoms with van der Waals surface area (Å²) in [5, 5.41) is 10.8. The molecule has 0 aliphatic rings. The molecule has 0 saturated carbocycles. The highest BCUT2D eigenvalue weighted by atomic mass is 79.9. The zero-order valence-electron chi connectivity index (χ0n) is 13.7. The van der Waals surface area contributed by atoms with Crippen molar-refractivity contribution in [1.82, 2.24) is 9.47 Å². The van der Waals surface area contributed by atoms with Crippen LogP contribution in [0.25, 0.3) is 11.1 Å². The molecule has 0 fully saturated rings. The van der Waals surface area contributed by atoms with Crippen LogP contribution in [-0.4, -0.2) is 27.3 Å². The number of carbonyl (C=O) groups excluding carboxylic acids is 1. The maximum absolute atomic E-state index is 12.5. The summed E-state index contributed by atoms with van der Waals surface area (Å²) >= 11 is 3.43. The highest BCUT2D eigenvalue weighted by Crippen LogP contribution is 2.21. The van der Waals surface area contributed by atoms with E-state index in [0.717, 1.165) is 14.6 Å². The molecule has 0 bridgehead atoms. The summed E-state index contributed by atoms with van der Waals surface area (Å²) in [6.45, 7) is 0.154. The maximum atomic E-state index is 12.5. The second-order valence-electron chi connectivity index (χ2n) is 5.70. The summed E-state index contributed by atoms with van der Waals surface area (Å²) in [5.41, 5.74) is 1.16. The maximum Gasteiger partial charge on any atom is 0.420 e. The summed E-state index contributed by atoms with van der Waals surface area (Å²) in [5.74, 6) is -1.02. The van der Waals surface area contributed by atoms with Crippen molar-refractivity contribution < 1.29 is 14.1 Å². The lowest BCUT2D eigenvalue weighted by Crippen LogP contribution is -2.32. The average Bonchev–Trinajstić information content (AvgIpc) is 2.91. The van der Waals surface area contributed by atoms with Crippen LogP contribution >= 0.6 is 15.9 Å². The van der Waals surface area contributed by atoms with Crippen molar-refractivity contribution >= 4 is 38.6 Å². The molecule has 0 aliphatic heterocycles. The molecule has 3 aromatic rings. The minimum atomic E-state index is -0.733. The van der Waals surface area contributed by atoms with E-state index in [9.17, 15) is 19.7 Å². The number of likely N-dealkylation sites (N-methyl/N-ethyl adjacent to an activating group) is 1. The van der Waals surface area contributed by atoms with Gasteiger partial charge < -0.3 is 9.32 Å². The molecule has 0 spiro atoms. The number of nitro groups is 1. The summed E-state index contributed by atoms with van der Waals surface area (Å²) in [6.07, 6.45) is 0. The van der Waals surface area contributed by atoms with E-state index in [4.69, 9.17) is 4.42 Å². The molecule has 0 atom stereocenters. The Bertz CT molecular complexity index is 1060.